The van der Waals surface area contributed by atoms with Crippen molar-refractivity contribution in [2.75, 3.05) is 16.8 Å². The van der Waals surface area contributed by atoms with Crippen LogP contribution in [0.25, 0.3) is 11.3 Å². The zero-order valence-electron chi connectivity index (χ0n) is 22.0. The minimum atomic E-state index is -0.360. The van der Waals surface area contributed by atoms with Gasteiger partial charge in [0.2, 0.25) is 5.91 Å². The van der Waals surface area contributed by atoms with Gasteiger partial charge in [0.1, 0.15) is 11.6 Å². The van der Waals surface area contributed by atoms with Gasteiger partial charge in [0.05, 0.1) is 16.9 Å². The fourth-order valence-electron chi connectivity index (χ4n) is 4.17. The number of nitrogens with zero attached hydrogens (tertiary/aromatic N) is 5. The van der Waals surface area contributed by atoms with Gasteiger partial charge < -0.3 is 10.2 Å². The summed E-state index contributed by atoms with van der Waals surface area (Å²) in [5.74, 6) is 0.124. The fraction of sp³-hybridized carbons (Fsp3) is 0.423. The maximum atomic E-state index is 14.5. The van der Waals surface area contributed by atoms with E-state index in [1.54, 1.807) is 34.0 Å². The minimum Gasteiger partial charge on any atom is -0.366 e. The highest BCUT2D eigenvalue weighted by atomic mass is 32.1. The Morgan fingerprint density at radius 1 is 1.30 bits per heavy atom. The Morgan fingerprint density at radius 2 is 2.03 bits per heavy atom. The van der Waals surface area contributed by atoms with Crippen LogP contribution >= 0.6 is 11.3 Å². The van der Waals surface area contributed by atoms with Gasteiger partial charge in [0.25, 0.3) is 5.56 Å². The highest BCUT2D eigenvalue weighted by molar-refractivity contribution is 7.14. The number of thiazole rings is 1. The Hall–Kier alpha value is -3.60. The number of nitrogens with one attached hydrogen (secondary N) is 1. The van der Waals surface area contributed by atoms with Gasteiger partial charge in [-0.2, -0.15) is 0 Å². The van der Waals surface area contributed by atoms with Crippen LogP contribution < -0.4 is 21.5 Å². The smallest absolute Gasteiger partial charge is 0.332 e. The van der Waals surface area contributed by atoms with Crippen LogP contribution in [-0.4, -0.2) is 38.8 Å². The third kappa shape index (κ3) is 6.22. The van der Waals surface area contributed by atoms with Crippen LogP contribution in [0.15, 0.2) is 38.2 Å². The predicted molar refractivity (Wildman–Crippen MR) is 148 cm³/mol. The number of amides is 1. The Morgan fingerprint density at radius 3 is 2.62 bits per heavy atom. The van der Waals surface area contributed by atoms with Crippen molar-refractivity contribution in [2.45, 2.75) is 53.0 Å². The van der Waals surface area contributed by atoms with E-state index in [0.29, 0.717) is 40.4 Å². The quantitative estimate of drug-likeness (QED) is 0.495. The molecular weight excluding hydrogens is 495 g/mol. The average Bonchev–Trinajstić information content (AvgIpc) is 3.53. The molecule has 37 heavy (non-hydrogen) atoms. The Labute approximate surface area is 219 Å². The van der Waals surface area contributed by atoms with Crippen LogP contribution in [0.1, 0.15) is 45.6 Å². The van der Waals surface area contributed by atoms with Crippen molar-refractivity contribution < 1.29 is 9.18 Å². The van der Waals surface area contributed by atoms with Gasteiger partial charge >= 0.3 is 5.69 Å². The first-order chi connectivity index (χ1) is 17.6. The van der Waals surface area contributed by atoms with Crippen LogP contribution in [0.2, 0.25) is 0 Å². The topological polar surface area (TPSA) is 102 Å². The summed E-state index contributed by atoms with van der Waals surface area (Å²) in [6.45, 7) is 8.22. The molecule has 1 atom stereocenters. The number of halogens is 1. The summed E-state index contributed by atoms with van der Waals surface area (Å²) in [7, 11) is 3.05. The van der Waals surface area contributed by atoms with E-state index in [4.69, 9.17) is 0 Å². The van der Waals surface area contributed by atoms with E-state index in [1.165, 1.54) is 29.0 Å². The van der Waals surface area contributed by atoms with Crippen molar-refractivity contribution in [3.05, 3.63) is 55.8 Å². The number of aliphatic imine (C=N–C) groups is 1. The molecule has 1 N–H and O–H groups in total. The van der Waals surface area contributed by atoms with Gasteiger partial charge in [-0.05, 0) is 45.7 Å². The summed E-state index contributed by atoms with van der Waals surface area (Å²) in [6.07, 6.45) is 4.18. The van der Waals surface area contributed by atoms with E-state index in [0.717, 1.165) is 29.5 Å². The Bertz CT molecular complexity index is 1390. The van der Waals surface area contributed by atoms with Crippen LogP contribution in [-0.2, 0) is 18.9 Å². The molecule has 9 nitrogen and oxygen atoms in total. The molecule has 3 aromatic rings. The van der Waals surface area contributed by atoms with Crippen molar-refractivity contribution in [2.24, 2.45) is 19.1 Å². The van der Waals surface area contributed by atoms with Gasteiger partial charge in [0.15, 0.2) is 5.13 Å². The largest absolute Gasteiger partial charge is 0.366 e. The van der Waals surface area contributed by atoms with Gasteiger partial charge in [-0.15, -0.1) is 11.3 Å². The molecule has 0 radical (unpaired) electrons. The number of carbonyl (C=O) groups excluding carboxylic acids is 1. The van der Waals surface area contributed by atoms with E-state index >= 15 is 0 Å². The average molecular weight is 529 g/mol. The van der Waals surface area contributed by atoms with Crippen molar-refractivity contribution in [3.63, 3.8) is 0 Å². The molecule has 1 aliphatic rings. The first-order valence-corrected chi connectivity index (χ1v) is 13.0. The number of rotatable bonds is 5. The SMILES string of the molecule is C/C=N\c1c(C)c(=O)n(C)c(=O)n1C.CCC(=O)Nc1nc(-c2ccc(N3CCC[C@@H]3C)c(F)c2)cs1. The molecule has 0 aliphatic carbocycles. The number of carbonyl (C=O) groups is 1. The summed E-state index contributed by atoms with van der Waals surface area (Å²) >= 11 is 1.35. The zero-order chi connectivity index (χ0) is 27.3. The van der Waals surface area contributed by atoms with Gasteiger partial charge in [0, 0.05) is 50.3 Å². The van der Waals surface area contributed by atoms with Crippen molar-refractivity contribution in [3.8, 4) is 11.3 Å². The first kappa shape index (κ1) is 28.0. The lowest BCUT2D eigenvalue weighted by atomic mass is 10.1. The molecule has 3 heterocycles. The normalized spacial score (nSPS) is 15.1. The summed E-state index contributed by atoms with van der Waals surface area (Å²) in [5, 5.41) is 5.10. The second-order valence-electron chi connectivity index (χ2n) is 8.83. The number of aromatic nitrogens is 3. The number of hydrogen-bond acceptors (Lipinski definition) is 7. The van der Waals surface area contributed by atoms with Crippen LogP contribution in [0.5, 0.6) is 0 Å². The molecule has 1 amide bonds. The lowest BCUT2D eigenvalue weighted by Crippen LogP contribution is -2.38. The van der Waals surface area contributed by atoms with Crippen LogP contribution in [0.3, 0.4) is 0 Å². The summed E-state index contributed by atoms with van der Waals surface area (Å²) < 4.78 is 16.9. The van der Waals surface area contributed by atoms with Crippen LogP contribution in [0.4, 0.5) is 21.0 Å². The molecule has 1 fully saturated rings. The molecule has 4 rings (SSSR count). The molecule has 0 unspecified atom stereocenters. The first-order valence-electron chi connectivity index (χ1n) is 12.2. The maximum absolute atomic E-state index is 14.5. The molecule has 1 aliphatic heterocycles. The third-order valence-electron chi connectivity index (χ3n) is 6.28. The number of anilines is 2. The third-order valence-corrected chi connectivity index (χ3v) is 7.04. The zero-order valence-corrected chi connectivity index (χ0v) is 22.9. The van der Waals surface area contributed by atoms with Crippen molar-refractivity contribution >= 4 is 40.1 Å². The van der Waals surface area contributed by atoms with E-state index in [2.05, 4.69) is 27.1 Å². The molecular formula is C26H33FN6O3S. The highest BCUT2D eigenvalue weighted by Gasteiger charge is 2.23. The Kier molecular flexibility index (Phi) is 9.14. The second kappa shape index (κ2) is 12.1. The molecule has 198 valence electrons. The van der Waals surface area contributed by atoms with Gasteiger partial charge in [-0.1, -0.05) is 13.0 Å². The van der Waals surface area contributed by atoms with Crippen molar-refractivity contribution in [1.29, 1.82) is 0 Å². The van der Waals surface area contributed by atoms with E-state index in [1.807, 2.05) is 17.5 Å². The van der Waals surface area contributed by atoms with E-state index in [-0.39, 0.29) is 23.0 Å². The van der Waals surface area contributed by atoms with Crippen molar-refractivity contribution in [1.82, 2.24) is 14.1 Å². The van der Waals surface area contributed by atoms with Crippen LogP contribution in [0, 0.1) is 12.7 Å². The maximum Gasteiger partial charge on any atom is 0.332 e. The lowest BCUT2D eigenvalue weighted by Gasteiger charge is -2.24. The molecule has 11 heteroatoms. The molecule has 1 aromatic carbocycles. The molecule has 0 saturated carbocycles. The fourth-order valence-corrected chi connectivity index (χ4v) is 4.90. The summed E-state index contributed by atoms with van der Waals surface area (Å²) in [4.78, 5) is 44.9. The number of benzene rings is 1. The minimum absolute atomic E-state index is 0.0737. The monoisotopic (exact) mass is 528 g/mol. The van der Waals surface area contributed by atoms with E-state index < -0.39 is 0 Å². The Balaban J connectivity index is 0.000000233. The summed E-state index contributed by atoms with van der Waals surface area (Å²) in [6, 6.07) is 5.63. The van der Waals surface area contributed by atoms with Gasteiger partial charge in [-0.25, -0.2) is 19.2 Å². The lowest BCUT2D eigenvalue weighted by molar-refractivity contribution is -0.115. The summed E-state index contributed by atoms with van der Waals surface area (Å²) in [5.41, 5.74) is 1.89. The standard InChI is InChI=1S/C17H20FN3OS.C9H13N3O2/c1-3-16(22)20-17-19-14(10-23-17)12-6-7-15(13(18)9-12)21-8-4-5-11(21)2;1-5-10-7-6(2)8(13)12(4)9(14)11(7)3/h6-7,9-11H,3-5,8H2,1-2H3,(H,19,20,22);5H,1-4H3/b;10-5-/t11-;/m0./s1. The molecule has 1 saturated heterocycles. The number of hydrogen-bond donors (Lipinski definition) is 1. The molecule has 0 bridgehead atoms. The van der Waals surface area contributed by atoms with Gasteiger partial charge in [-0.3, -0.25) is 18.7 Å². The molecule has 0 spiro atoms. The molecule has 2 aromatic heterocycles. The highest BCUT2D eigenvalue weighted by Crippen LogP contribution is 2.32. The van der Waals surface area contributed by atoms with E-state index in [9.17, 15) is 18.8 Å². The second-order valence-corrected chi connectivity index (χ2v) is 9.69. The predicted octanol–water partition coefficient (Wildman–Crippen LogP) is 4.40.